The molecule has 1 saturated carbocycles. The Morgan fingerprint density at radius 1 is 1.14 bits per heavy atom. The standard InChI is InChI=1S/C11H23N3/c1-13(2)11(14(3)4)12-10-8-6-5-7-9-10/h10H,5-9H2,1-4H3/p+1. The van der Waals surface area contributed by atoms with Gasteiger partial charge < -0.3 is 0 Å². The van der Waals surface area contributed by atoms with Gasteiger partial charge in [-0.2, -0.15) is 0 Å². The molecule has 14 heavy (non-hydrogen) atoms. The van der Waals surface area contributed by atoms with Crippen molar-refractivity contribution in [3.05, 3.63) is 0 Å². The molecular formula is C11H24N3+. The molecule has 1 N–H and O–H groups in total. The molecule has 0 spiro atoms. The normalized spacial score (nSPS) is 17.7. The zero-order valence-corrected chi connectivity index (χ0v) is 10.0. The summed E-state index contributed by atoms with van der Waals surface area (Å²) in [7, 11) is 8.35. The molecule has 1 fully saturated rings. The fourth-order valence-electron chi connectivity index (χ4n) is 2.09. The third-order valence-corrected chi connectivity index (χ3v) is 2.79. The van der Waals surface area contributed by atoms with Crippen molar-refractivity contribution in [3.63, 3.8) is 0 Å². The van der Waals surface area contributed by atoms with Crippen molar-refractivity contribution in [3.8, 4) is 0 Å². The molecule has 0 atom stereocenters. The first-order chi connectivity index (χ1) is 6.61. The first-order valence-corrected chi connectivity index (χ1v) is 5.59. The lowest BCUT2D eigenvalue weighted by Crippen LogP contribution is -2.47. The second-order valence-corrected chi connectivity index (χ2v) is 4.59. The van der Waals surface area contributed by atoms with Crippen LogP contribution >= 0.6 is 0 Å². The molecule has 3 nitrogen and oxygen atoms in total. The van der Waals surface area contributed by atoms with E-state index < -0.39 is 0 Å². The maximum atomic E-state index is 3.62. The number of rotatable bonds is 1. The van der Waals surface area contributed by atoms with Crippen LogP contribution in [0.4, 0.5) is 0 Å². The van der Waals surface area contributed by atoms with E-state index in [9.17, 15) is 0 Å². The van der Waals surface area contributed by atoms with E-state index in [1.165, 1.54) is 38.1 Å². The molecule has 0 saturated heterocycles. The van der Waals surface area contributed by atoms with Crippen LogP contribution in [0.1, 0.15) is 32.1 Å². The zero-order valence-electron chi connectivity index (χ0n) is 10.0. The summed E-state index contributed by atoms with van der Waals surface area (Å²) in [6, 6.07) is 0.684. The predicted octanol–water partition coefficient (Wildman–Crippen LogP) is 1.10. The highest BCUT2D eigenvalue weighted by Crippen LogP contribution is 2.17. The number of hydrogen-bond donors (Lipinski definition) is 1. The highest BCUT2D eigenvalue weighted by Gasteiger charge is 2.20. The summed E-state index contributed by atoms with van der Waals surface area (Å²) in [6.45, 7) is 0. The van der Waals surface area contributed by atoms with Crippen molar-refractivity contribution < 1.29 is 4.58 Å². The molecule has 1 rings (SSSR count). The molecule has 0 radical (unpaired) electrons. The van der Waals surface area contributed by atoms with E-state index in [1.807, 2.05) is 0 Å². The minimum atomic E-state index is 0.684. The van der Waals surface area contributed by atoms with Gasteiger partial charge in [0.1, 0.15) is 0 Å². The molecule has 3 heteroatoms. The molecule has 0 aromatic rings. The summed E-state index contributed by atoms with van der Waals surface area (Å²) < 4.78 is 2.15. The monoisotopic (exact) mass is 198 g/mol. The molecule has 1 aliphatic rings. The number of guanidine groups is 1. The largest absolute Gasteiger partial charge is 0.347 e. The lowest BCUT2D eigenvalue weighted by atomic mass is 9.96. The Labute approximate surface area is 87.8 Å². The highest BCUT2D eigenvalue weighted by atomic mass is 15.3. The van der Waals surface area contributed by atoms with Crippen LogP contribution in [-0.2, 0) is 0 Å². The van der Waals surface area contributed by atoms with Gasteiger partial charge in [0.15, 0.2) is 0 Å². The molecule has 0 aromatic heterocycles. The Balaban J connectivity index is 2.51. The molecular weight excluding hydrogens is 174 g/mol. The number of nitrogens with zero attached hydrogens (tertiary/aromatic N) is 2. The Bertz CT molecular complexity index is 199. The van der Waals surface area contributed by atoms with E-state index in [2.05, 4.69) is 43.0 Å². The topological polar surface area (TPSA) is 18.3 Å². The van der Waals surface area contributed by atoms with Crippen molar-refractivity contribution in [2.45, 2.75) is 38.1 Å². The lowest BCUT2D eigenvalue weighted by molar-refractivity contribution is -0.472. The van der Waals surface area contributed by atoms with Gasteiger partial charge in [0.05, 0.1) is 34.2 Å². The van der Waals surface area contributed by atoms with Crippen LogP contribution < -0.4 is 5.32 Å². The molecule has 0 aromatic carbocycles. The third-order valence-electron chi connectivity index (χ3n) is 2.79. The lowest BCUT2D eigenvalue weighted by Gasteiger charge is -2.23. The predicted molar refractivity (Wildman–Crippen MR) is 60.8 cm³/mol. The first kappa shape index (κ1) is 11.3. The van der Waals surface area contributed by atoms with E-state index in [-0.39, 0.29) is 0 Å². The summed E-state index contributed by atoms with van der Waals surface area (Å²) in [5.41, 5.74) is 0. The zero-order chi connectivity index (χ0) is 10.6. The number of nitrogens with one attached hydrogen (secondary N) is 1. The van der Waals surface area contributed by atoms with Crippen molar-refractivity contribution >= 4 is 5.96 Å². The maximum Gasteiger partial charge on any atom is 0.347 e. The Kier molecular flexibility index (Phi) is 4.23. The van der Waals surface area contributed by atoms with Crippen LogP contribution in [0.25, 0.3) is 0 Å². The van der Waals surface area contributed by atoms with Crippen LogP contribution in [0, 0.1) is 0 Å². The molecule has 0 unspecified atom stereocenters. The van der Waals surface area contributed by atoms with Gasteiger partial charge in [0, 0.05) is 0 Å². The average molecular weight is 198 g/mol. The Morgan fingerprint density at radius 2 is 1.71 bits per heavy atom. The van der Waals surface area contributed by atoms with E-state index in [1.54, 1.807) is 0 Å². The summed E-state index contributed by atoms with van der Waals surface area (Å²) in [4.78, 5) is 2.15. The van der Waals surface area contributed by atoms with E-state index in [4.69, 9.17) is 0 Å². The molecule has 0 aliphatic heterocycles. The van der Waals surface area contributed by atoms with Crippen LogP contribution in [0.15, 0.2) is 0 Å². The van der Waals surface area contributed by atoms with Crippen molar-refractivity contribution in [1.82, 2.24) is 10.2 Å². The van der Waals surface area contributed by atoms with Gasteiger partial charge in [-0.25, -0.2) is 0 Å². The van der Waals surface area contributed by atoms with Gasteiger partial charge in [0.25, 0.3) is 0 Å². The Morgan fingerprint density at radius 3 is 2.14 bits per heavy atom. The maximum absolute atomic E-state index is 3.62. The van der Waals surface area contributed by atoms with E-state index in [0.29, 0.717) is 6.04 Å². The van der Waals surface area contributed by atoms with Crippen molar-refractivity contribution in [2.75, 3.05) is 28.2 Å². The smallest absolute Gasteiger partial charge is 0.275 e. The van der Waals surface area contributed by atoms with Gasteiger partial charge >= 0.3 is 5.96 Å². The third kappa shape index (κ3) is 3.20. The van der Waals surface area contributed by atoms with E-state index in [0.717, 1.165) is 0 Å². The molecule has 0 amide bonds. The first-order valence-electron chi connectivity index (χ1n) is 5.59. The average Bonchev–Trinajstić information content (AvgIpc) is 2.15. The van der Waals surface area contributed by atoms with Crippen LogP contribution in [0.3, 0.4) is 0 Å². The van der Waals surface area contributed by atoms with Crippen molar-refractivity contribution in [2.24, 2.45) is 0 Å². The fourth-order valence-corrected chi connectivity index (χ4v) is 2.09. The fraction of sp³-hybridized carbons (Fsp3) is 0.909. The van der Waals surface area contributed by atoms with Crippen LogP contribution in [0.2, 0.25) is 0 Å². The van der Waals surface area contributed by atoms with Gasteiger partial charge in [-0.05, 0) is 12.8 Å². The van der Waals surface area contributed by atoms with Crippen molar-refractivity contribution in [1.29, 1.82) is 0 Å². The van der Waals surface area contributed by atoms with Gasteiger partial charge in [-0.3, -0.25) is 14.8 Å². The summed E-state index contributed by atoms with van der Waals surface area (Å²) in [5.74, 6) is 1.22. The minimum Gasteiger partial charge on any atom is -0.275 e. The highest BCUT2D eigenvalue weighted by molar-refractivity contribution is 5.74. The van der Waals surface area contributed by atoms with Gasteiger partial charge in [-0.1, -0.05) is 19.3 Å². The van der Waals surface area contributed by atoms with Crippen LogP contribution in [-0.4, -0.2) is 49.7 Å². The number of hydrogen-bond acceptors (Lipinski definition) is 0. The Hall–Kier alpha value is -0.730. The van der Waals surface area contributed by atoms with Gasteiger partial charge in [0.2, 0.25) is 0 Å². The summed E-state index contributed by atoms with van der Waals surface area (Å²) in [6.07, 6.45) is 6.82. The SMILES string of the molecule is CN(C)C(NC1CCCCC1)=[N+](C)C. The molecule has 0 heterocycles. The summed E-state index contributed by atoms with van der Waals surface area (Å²) >= 11 is 0. The summed E-state index contributed by atoms with van der Waals surface area (Å²) in [5, 5.41) is 3.62. The van der Waals surface area contributed by atoms with Gasteiger partial charge in [-0.15, -0.1) is 0 Å². The molecule has 0 bridgehead atoms. The second kappa shape index (κ2) is 5.23. The second-order valence-electron chi connectivity index (χ2n) is 4.59. The molecule has 82 valence electrons. The van der Waals surface area contributed by atoms with E-state index >= 15 is 0 Å². The molecule has 1 aliphatic carbocycles. The van der Waals surface area contributed by atoms with Crippen LogP contribution in [0.5, 0.6) is 0 Å². The quantitative estimate of drug-likeness (QED) is 0.386. The minimum absolute atomic E-state index is 0.684.